The summed E-state index contributed by atoms with van der Waals surface area (Å²) in [7, 11) is 3.09. The minimum atomic E-state index is -1.02. The second kappa shape index (κ2) is 6.48. The lowest BCUT2D eigenvalue weighted by Crippen LogP contribution is -2.37. The third kappa shape index (κ3) is 4.15. The Kier molecular flexibility index (Phi) is 4.82. The fourth-order valence-corrected chi connectivity index (χ4v) is 2.66. The van der Waals surface area contributed by atoms with Crippen LogP contribution in [0.5, 0.6) is 11.5 Å². The molecular weight excluding hydrogens is 298 g/mol. The van der Waals surface area contributed by atoms with Crippen molar-refractivity contribution in [3.8, 4) is 11.5 Å². The number of amides is 1. The van der Waals surface area contributed by atoms with Gasteiger partial charge >= 0.3 is 5.97 Å². The number of nitrogens with zero attached hydrogens (tertiary/aromatic N) is 1. The van der Waals surface area contributed by atoms with Gasteiger partial charge in [0.25, 0.3) is 0 Å². The molecule has 0 bridgehead atoms. The molecule has 1 N–H and O–H groups in total. The van der Waals surface area contributed by atoms with Crippen molar-refractivity contribution in [2.75, 3.05) is 20.8 Å². The molecule has 0 spiro atoms. The summed E-state index contributed by atoms with van der Waals surface area (Å²) in [5.41, 5.74) is 0.731. The van der Waals surface area contributed by atoms with Crippen LogP contribution in [0.25, 0.3) is 0 Å². The molecule has 1 aliphatic carbocycles. The number of carbonyl (C=O) groups is 2. The van der Waals surface area contributed by atoms with Gasteiger partial charge in [-0.15, -0.1) is 0 Å². The zero-order chi connectivity index (χ0) is 17.2. The number of methoxy groups -OCH3 is 2. The molecule has 126 valence electrons. The molecule has 23 heavy (non-hydrogen) atoms. The van der Waals surface area contributed by atoms with Gasteiger partial charge in [-0.3, -0.25) is 9.59 Å². The maximum Gasteiger partial charge on any atom is 0.323 e. The standard InChI is InChI=1S/C17H23NO5/c1-17(2)8-14(17)16(21)18(10-15(19)20)9-11-5-12(22-3)7-13(6-11)23-4/h5-7,14H,8-10H2,1-4H3,(H,19,20). The molecule has 1 aromatic rings. The lowest BCUT2D eigenvalue weighted by molar-refractivity contribution is -0.145. The maximum atomic E-state index is 12.6. The van der Waals surface area contributed by atoms with Crippen molar-refractivity contribution in [3.05, 3.63) is 23.8 Å². The highest BCUT2D eigenvalue weighted by Gasteiger charge is 2.52. The summed E-state index contributed by atoms with van der Waals surface area (Å²) in [6.45, 7) is 3.93. The van der Waals surface area contributed by atoms with Crippen LogP contribution in [0.3, 0.4) is 0 Å². The van der Waals surface area contributed by atoms with Crippen LogP contribution < -0.4 is 9.47 Å². The first-order chi connectivity index (χ1) is 10.8. The van der Waals surface area contributed by atoms with Gasteiger partial charge < -0.3 is 19.5 Å². The largest absolute Gasteiger partial charge is 0.497 e. The highest BCUT2D eigenvalue weighted by atomic mass is 16.5. The number of hydrogen-bond acceptors (Lipinski definition) is 4. The molecule has 1 amide bonds. The summed E-state index contributed by atoms with van der Waals surface area (Å²) < 4.78 is 10.4. The molecule has 1 unspecified atom stereocenters. The van der Waals surface area contributed by atoms with E-state index in [0.717, 1.165) is 12.0 Å². The van der Waals surface area contributed by atoms with Crippen molar-refractivity contribution in [1.29, 1.82) is 0 Å². The van der Waals surface area contributed by atoms with Gasteiger partial charge in [0.2, 0.25) is 5.91 Å². The first-order valence-electron chi connectivity index (χ1n) is 7.49. The van der Waals surface area contributed by atoms with Crippen molar-refractivity contribution in [1.82, 2.24) is 4.90 Å². The number of hydrogen-bond donors (Lipinski definition) is 1. The lowest BCUT2D eigenvalue weighted by Gasteiger charge is -2.22. The van der Waals surface area contributed by atoms with Gasteiger partial charge in [-0.1, -0.05) is 13.8 Å². The third-order valence-electron chi connectivity index (χ3n) is 4.23. The topological polar surface area (TPSA) is 76.1 Å². The Balaban J connectivity index is 2.20. The van der Waals surface area contributed by atoms with Crippen molar-refractivity contribution in [2.45, 2.75) is 26.8 Å². The Labute approximate surface area is 136 Å². The number of aliphatic carboxylic acids is 1. The number of carboxylic acids is 1. The van der Waals surface area contributed by atoms with Gasteiger partial charge in [0.1, 0.15) is 18.0 Å². The maximum absolute atomic E-state index is 12.6. The summed E-state index contributed by atoms with van der Waals surface area (Å²) in [4.78, 5) is 25.1. The molecule has 0 radical (unpaired) electrons. The molecule has 1 atom stereocenters. The van der Waals surface area contributed by atoms with Crippen molar-refractivity contribution >= 4 is 11.9 Å². The van der Waals surface area contributed by atoms with Crippen LogP contribution in [0.15, 0.2) is 18.2 Å². The van der Waals surface area contributed by atoms with Crippen LogP contribution in [0.4, 0.5) is 0 Å². The van der Waals surface area contributed by atoms with E-state index < -0.39 is 5.97 Å². The van der Waals surface area contributed by atoms with Crippen LogP contribution in [0.2, 0.25) is 0 Å². The highest BCUT2D eigenvalue weighted by molar-refractivity contribution is 5.85. The van der Waals surface area contributed by atoms with Crippen LogP contribution >= 0.6 is 0 Å². The second-order valence-electron chi connectivity index (χ2n) is 6.55. The van der Waals surface area contributed by atoms with Crippen LogP contribution in [-0.4, -0.2) is 42.6 Å². The van der Waals surface area contributed by atoms with E-state index in [1.807, 2.05) is 13.8 Å². The van der Waals surface area contributed by atoms with E-state index in [-0.39, 0.29) is 30.3 Å². The van der Waals surface area contributed by atoms with Crippen LogP contribution in [-0.2, 0) is 16.1 Å². The predicted octanol–water partition coefficient (Wildman–Crippen LogP) is 2.16. The molecule has 0 saturated heterocycles. The quantitative estimate of drug-likeness (QED) is 0.833. The minimum absolute atomic E-state index is 0.0418. The summed E-state index contributed by atoms with van der Waals surface area (Å²) in [5.74, 6) is -0.0251. The minimum Gasteiger partial charge on any atom is -0.497 e. The number of rotatable bonds is 7. The van der Waals surface area contributed by atoms with E-state index in [2.05, 4.69) is 0 Å². The normalized spacial score (nSPS) is 18.2. The number of carbonyl (C=O) groups excluding carboxylic acids is 1. The molecule has 1 saturated carbocycles. The number of benzene rings is 1. The van der Waals surface area contributed by atoms with Crippen molar-refractivity contribution in [2.24, 2.45) is 11.3 Å². The van der Waals surface area contributed by atoms with Gasteiger partial charge in [0, 0.05) is 18.5 Å². The monoisotopic (exact) mass is 321 g/mol. The van der Waals surface area contributed by atoms with Gasteiger partial charge in [-0.25, -0.2) is 0 Å². The van der Waals surface area contributed by atoms with Crippen molar-refractivity contribution in [3.63, 3.8) is 0 Å². The second-order valence-corrected chi connectivity index (χ2v) is 6.55. The fourth-order valence-electron chi connectivity index (χ4n) is 2.66. The summed E-state index contributed by atoms with van der Waals surface area (Å²) in [6.07, 6.45) is 0.795. The zero-order valence-electron chi connectivity index (χ0n) is 14.0. The molecule has 1 aromatic carbocycles. The van der Waals surface area contributed by atoms with E-state index in [0.29, 0.717) is 11.5 Å². The lowest BCUT2D eigenvalue weighted by atomic mass is 10.1. The Morgan fingerprint density at radius 3 is 2.13 bits per heavy atom. The van der Waals surface area contributed by atoms with E-state index in [1.165, 1.54) is 4.90 Å². The molecule has 0 heterocycles. The first-order valence-corrected chi connectivity index (χ1v) is 7.49. The molecule has 1 aliphatic rings. The summed E-state index contributed by atoms with van der Waals surface area (Å²) in [5, 5.41) is 9.10. The Morgan fingerprint density at radius 2 is 1.74 bits per heavy atom. The summed E-state index contributed by atoms with van der Waals surface area (Å²) >= 11 is 0. The molecule has 2 rings (SSSR count). The van der Waals surface area contributed by atoms with Gasteiger partial charge in [-0.2, -0.15) is 0 Å². The average Bonchev–Trinajstić information content (AvgIpc) is 3.13. The smallest absolute Gasteiger partial charge is 0.323 e. The Bertz CT molecular complexity index is 589. The van der Waals surface area contributed by atoms with Crippen molar-refractivity contribution < 1.29 is 24.2 Å². The SMILES string of the molecule is COc1cc(CN(CC(=O)O)C(=O)C2CC2(C)C)cc(OC)c1. The van der Waals surface area contributed by atoms with E-state index in [9.17, 15) is 9.59 Å². The average molecular weight is 321 g/mol. The molecule has 1 fully saturated rings. The zero-order valence-corrected chi connectivity index (χ0v) is 14.0. The Morgan fingerprint density at radius 1 is 1.22 bits per heavy atom. The van der Waals surface area contributed by atoms with E-state index in [1.54, 1.807) is 32.4 Å². The number of ether oxygens (including phenoxy) is 2. The first kappa shape index (κ1) is 17.1. The van der Waals surface area contributed by atoms with Gasteiger partial charge in [-0.05, 0) is 29.5 Å². The fraction of sp³-hybridized carbons (Fsp3) is 0.529. The number of carboxylic acid groups (broad SMARTS) is 1. The molecule has 0 aromatic heterocycles. The van der Waals surface area contributed by atoms with Crippen LogP contribution in [0, 0.1) is 11.3 Å². The summed E-state index contributed by atoms with van der Waals surface area (Å²) in [6, 6.07) is 5.29. The molecule has 0 aliphatic heterocycles. The highest BCUT2D eigenvalue weighted by Crippen LogP contribution is 2.52. The molecular formula is C17H23NO5. The Hall–Kier alpha value is -2.24. The molecule has 6 heteroatoms. The third-order valence-corrected chi connectivity index (χ3v) is 4.23. The predicted molar refractivity (Wildman–Crippen MR) is 84.5 cm³/mol. The van der Waals surface area contributed by atoms with E-state index >= 15 is 0 Å². The molecule has 6 nitrogen and oxygen atoms in total. The van der Waals surface area contributed by atoms with Gasteiger partial charge in [0.15, 0.2) is 0 Å². The van der Waals surface area contributed by atoms with Gasteiger partial charge in [0.05, 0.1) is 14.2 Å². The van der Waals surface area contributed by atoms with E-state index in [4.69, 9.17) is 14.6 Å². The van der Waals surface area contributed by atoms with Crippen LogP contribution in [0.1, 0.15) is 25.8 Å².